The van der Waals surface area contributed by atoms with Gasteiger partial charge in [-0.1, -0.05) is 12.8 Å². The van der Waals surface area contributed by atoms with Gasteiger partial charge in [0.05, 0.1) is 23.7 Å². The second-order valence-corrected chi connectivity index (χ2v) is 11.4. The second-order valence-electron chi connectivity index (χ2n) is 11.4. The third-order valence-corrected chi connectivity index (χ3v) is 9.20. The summed E-state index contributed by atoms with van der Waals surface area (Å²) < 4.78 is 15.3. The highest BCUT2D eigenvalue weighted by atomic mass is 19.1. The van der Waals surface area contributed by atoms with Crippen molar-refractivity contribution >= 4 is 23.3 Å². The number of hydrogen-bond acceptors (Lipinski definition) is 8. The average molecular weight is 516 g/mol. The molecule has 6 rings (SSSR count). The van der Waals surface area contributed by atoms with Gasteiger partial charge in [-0.05, 0) is 55.7 Å². The fraction of sp³-hybridized carbons (Fsp3) is 0.692. The molecule has 6 N–H and O–H groups in total. The van der Waals surface area contributed by atoms with Gasteiger partial charge in [-0.15, -0.1) is 0 Å². The minimum Gasteiger partial charge on any atom is -0.481 e. The number of piperidine rings is 1. The number of benzene rings is 1. The maximum atomic E-state index is 15.3. The zero-order chi connectivity index (χ0) is 25.6. The highest BCUT2D eigenvalue weighted by Crippen LogP contribution is 2.59. The molecule has 11 heteroatoms. The smallest absolute Gasteiger partial charge is 0.307 e. The van der Waals surface area contributed by atoms with E-state index in [0.717, 1.165) is 45.2 Å². The number of carboxylic acids is 1. The molecule has 5 fully saturated rings. The quantitative estimate of drug-likeness (QED) is 0.344. The lowest BCUT2D eigenvalue weighted by molar-refractivity contribution is -0.139. The minimum atomic E-state index is -0.704. The summed E-state index contributed by atoms with van der Waals surface area (Å²) in [4.78, 5) is 28.6. The van der Waals surface area contributed by atoms with Gasteiger partial charge in [0.2, 0.25) is 5.91 Å². The van der Waals surface area contributed by atoms with Crippen molar-refractivity contribution in [1.29, 1.82) is 0 Å². The first kappa shape index (κ1) is 24.8. The Morgan fingerprint density at radius 2 is 1.84 bits per heavy atom. The predicted molar refractivity (Wildman–Crippen MR) is 137 cm³/mol. The molecule has 4 saturated heterocycles. The van der Waals surface area contributed by atoms with Gasteiger partial charge in [-0.25, -0.2) is 9.82 Å². The molecule has 0 radical (unpaired) electrons. The van der Waals surface area contributed by atoms with Crippen molar-refractivity contribution in [3.8, 4) is 0 Å². The molecule has 1 aromatic rings. The Balaban J connectivity index is 1.14. The van der Waals surface area contributed by atoms with E-state index in [4.69, 9.17) is 0 Å². The number of anilines is 2. The van der Waals surface area contributed by atoms with Crippen LogP contribution in [0.15, 0.2) is 18.2 Å². The second kappa shape index (κ2) is 10.0. The Bertz CT molecular complexity index is 1030. The van der Waals surface area contributed by atoms with Crippen molar-refractivity contribution < 1.29 is 19.1 Å². The van der Waals surface area contributed by atoms with E-state index in [1.54, 1.807) is 6.07 Å². The number of hydrazine groups is 1. The summed E-state index contributed by atoms with van der Waals surface area (Å²) in [6.07, 6.45) is 6.69. The third-order valence-electron chi connectivity index (χ3n) is 9.20. The molecule has 5 unspecified atom stereocenters. The molecule has 4 heterocycles. The van der Waals surface area contributed by atoms with E-state index < -0.39 is 5.97 Å². The SMILES string of the molecule is O=C1NNCC2NC(N3CCCCCC3)NC(Nc3ccc(N4CCC5(CC4)CC5C(=O)O)c(F)c3)C12. The zero-order valence-electron chi connectivity index (χ0n) is 21.1. The van der Waals surface area contributed by atoms with Crippen LogP contribution in [-0.2, 0) is 9.59 Å². The van der Waals surface area contributed by atoms with E-state index in [2.05, 4.69) is 31.7 Å². The molecule has 37 heavy (non-hydrogen) atoms. The van der Waals surface area contributed by atoms with Gasteiger partial charge in [0.1, 0.15) is 12.1 Å². The number of nitrogens with zero attached hydrogens (tertiary/aromatic N) is 2. The van der Waals surface area contributed by atoms with Crippen molar-refractivity contribution in [2.45, 2.75) is 63.4 Å². The van der Waals surface area contributed by atoms with Gasteiger partial charge in [0, 0.05) is 44.5 Å². The standard InChI is InChI=1S/C26H38FN7O3/c27-18-13-16(5-6-20(18)33-11-7-26(8-12-33)14-17(26)24(36)37)29-22-21-19(15-28-32-23(21)35)30-25(31-22)34-9-3-1-2-4-10-34/h5-6,13,17,19,21-22,25,28-31H,1-4,7-12,14-15H2,(H,32,35)(H,36,37). The van der Waals surface area contributed by atoms with Crippen molar-refractivity contribution in [3.63, 3.8) is 0 Å². The number of likely N-dealkylation sites (tertiary alicyclic amines) is 1. The number of nitrogens with one attached hydrogen (secondary N) is 5. The Kier molecular flexibility index (Phi) is 6.72. The lowest BCUT2D eigenvalue weighted by Gasteiger charge is -2.48. The highest BCUT2D eigenvalue weighted by Gasteiger charge is 2.59. The summed E-state index contributed by atoms with van der Waals surface area (Å²) in [7, 11) is 0. The fourth-order valence-corrected chi connectivity index (χ4v) is 6.88. The molecule has 1 amide bonds. The van der Waals surface area contributed by atoms with Gasteiger partial charge in [-0.2, -0.15) is 0 Å². The van der Waals surface area contributed by atoms with Gasteiger partial charge in [0.15, 0.2) is 0 Å². The largest absolute Gasteiger partial charge is 0.481 e. The van der Waals surface area contributed by atoms with Crippen LogP contribution < -0.4 is 31.7 Å². The van der Waals surface area contributed by atoms with Crippen molar-refractivity contribution in [2.24, 2.45) is 17.3 Å². The Morgan fingerprint density at radius 3 is 2.51 bits per heavy atom. The Morgan fingerprint density at radius 1 is 1.08 bits per heavy atom. The number of halogens is 1. The molecule has 1 aromatic carbocycles. The van der Waals surface area contributed by atoms with E-state index >= 15 is 4.39 Å². The monoisotopic (exact) mass is 515 g/mol. The van der Waals surface area contributed by atoms with Crippen LogP contribution in [-0.4, -0.2) is 73.1 Å². The number of rotatable bonds is 5. The van der Waals surface area contributed by atoms with Crippen molar-refractivity contribution in [1.82, 2.24) is 26.4 Å². The van der Waals surface area contributed by atoms with Crippen LogP contribution in [0.3, 0.4) is 0 Å². The van der Waals surface area contributed by atoms with E-state index in [0.29, 0.717) is 31.0 Å². The van der Waals surface area contributed by atoms with Crippen molar-refractivity contribution in [3.05, 3.63) is 24.0 Å². The number of aliphatic carboxylic acids is 1. The molecule has 1 spiro atoms. The predicted octanol–water partition coefficient (Wildman–Crippen LogP) is 1.23. The van der Waals surface area contributed by atoms with Gasteiger partial charge < -0.3 is 15.3 Å². The lowest BCUT2D eigenvalue weighted by atomic mass is 9.90. The number of carbonyl (C=O) groups excluding carboxylic acids is 1. The molecular formula is C26H38FN7O3. The van der Waals surface area contributed by atoms with Crippen LogP contribution in [0.4, 0.5) is 15.8 Å². The van der Waals surface area contributed by atoms with Gasteiger partial charge in [0.25, 0.3) is 0 Å². The number of carboxylic acid groups (broad SMARTS) is 1. The summed E-state index contributed by atoms with van der Waals surface area (Å²) in [6, 6.07) is 5.13. The summed E-state index contributed by atoms with van der Waals surface area (Å²) in [6.45, 7) is 3.95. The van der Waals surface area contributed by atoms with E-state index in [1.165, 1.54) is 18.9 Å². The van der Waals surface area contributed by atoms with E-state index in [-0.39, 0.29) is 47.5 Å². The van der Waals surface area contributed by atoms with Crippen molar-refractivity contribution in [2.75, 3.05) is 42.9 Å². The topological polar surface area (TPSA) is 121 Å². The zero-order valence-corrected chi connectivity index (χ0v) is 21.1. The molecular weight excluding hydrogens is 477 g/mol. The maximum Gasteiger partial charge on any atom is 0.307 e. The number of amides is 1. The number of fused-ring (bicyclic) bond motifs is 1. The average Bonchev–Trinajstić information content (AvgIpc) is 3.65. The fourth-order valence-electron chi connectivity index (χ4n) is 6.88. The first-order valence-electron chi connectivity index (χ1n) is 13.8. The van der Waals surface area contributed by atoms with Crippen LogP contribution >= 0.6 is 0 Å². The first-order valence-corrected chi connectivity index (χ1v) is 13.8. The molecule has 5 aliphatic rings. The van der Waals surface area contributed by atoms with E-state index in [1.807, 2.05) is 11.0 Å². The lowest BCUT2D eigenvalue weighted by Crippen LogP contribution is -2.76. The number of hydrogen-bond donors (Lipinski definition) is 6. The maximum absolute atomic E-state index is 15.3. The van der Waals surface area contributed by atoms with Gasteiger partial charge >= 0.3 is 5.97 Å². The molecule has 4 aliphatic heterocycles. The highest BCUT2D eigenvalue weighted by molar-refractivity contribution is 5.81. The Hall–Kier alpha value is -2.47. The molecule has 10 nitrogen and oxygen atoms in total. The van der Waals surface area contributed by atoms with E-state index in [9.17, 15) is 14.7 Å². The summed E-state index contributed by atoms with van der Waals surface area (Å²) >= 11 is 0. The van der Waals surface area contributed by atoms with Crippen LogP contribution in [0.2, 0.25) is 0 Å². The molecule has 5 atom stereocenters. The molecule has 1 aliphatic carbocycles. The Labute approximate surface area is 216 Å². The van der Waals surface area contributed by atoms with Crippen LogP contribution in [0, 0.1) is 23.1 Å². The van der Waals surface area contributed by atoms with Crippen LogP contribution in [0.5, 0.6) is 0 Å². The molecule has 1 saturated carbocycles. The van der Waals surface area contributed by atoms with Gasteiger partial charge in [-0.3, -0.25) is 30.5 Å². The summed E-state index contributed by atoms with van der Waals surface area (Å²) in [5.41, 5.74) is 6.83. The third kappa shape index (κ3) is 4.89. The van der Waals surface area contributed by atoms with Crippen LogP contribution in [0.25, 0.3) is 0 Å². The number of carbonyl (C=O) groups is 2. The minimum absolute atomic E-state index is 0.0532. The summed E-state index contributed by atoms with van der Waals surface area (Å²) in [5, 5.41) is 20.0. The summed E-state index contributed by atoms with van der Waals surface area (Å²) in [5.74, 6) is -1.70. The van der Waals surface area contributed by atoms with Crippen LogP contribution in [0.1, 0.15) is 44.9 Å². The first-order chi connectivity index (χ1) is 17.9. The molecule has 202 valence electrons. The normalized spacial score (nSPS) is 33.8. The molecule has 0 aromatic heterocycles. The molecule has 0 bridgehead atoms.